The van der Waals surface area contributed by atoms with Gasteiger partial charge in [-0.25, -0.2) is 4.79 Å². The van der Waals surface area contributed by atoms with Crippen LogP contribution in [-0.4, -0.2) is 71.8 Å². The summed E-state index contributed by atoms with van der Waals surface area (Å²) in [5.41, 5.74) is 5.53. The third kappa shape index (κ3) is 8.49. The van der Waals surface area contributed by atoms with Crippen molar-refractivity contribution >= 4 is 36.3 Å². The summed E-state index contributed by atoms with van der Waals surface area (Å²) in [7, 11) is 0. The lowest BCUT2D eigenvalue weighted by molar-refractivity contribution is -0.142. The third-order valence-corrected chi connectivity index (χ3v) is 5.37. The van der Waals surface area contributed by atoms with E-state index >= 15 is 0 Å². The lowest BCUT2D eigenvalue weighted by Crippen LogP contribution is -2.58. The van der Waals surface area contributed by atoms with Gasteiger partial charge in [0.1, 0.15) is 18.1 Å². The van der Waals surface area contributed by atoms with Crippen LogP contribution in [0.5, 0.6) is 0 Å². The minimum Gasteiger partial charge on any atom is -0.480 e. The molecular formula is C19H35N5O5S. The maximum Gasteiger partial charge on any atom is 0.327 e. The van der Waals surface area contributed by atoms with Gasteiger partial charge >= 0.3 is 5.97 Å². The van der Waals surface area contributed by atoms with E-state index in [1.807, 2.05) is 0 Å². The van der Waals surface area contributed by atoms with Gasteiger partial charge < -0.3 is 32.1 Å². The Hall–Kier alpha value is -1.85. The molecule has 4 unspecified atom stereocenters. The highest BCUT2D eigenvalue weighted by Gasteiger charge is 2.32. The second kappa shape index (κ2) is 13.5. The number of nitrogens with two attached hydrogens (primary N) is 1. The fourth-order valence-corrected chi connectivity index (χ4v) is 3.43. The normalized spacial score (nSPS) is 19.0. The van der Waals surface area contributed by atoms with E-state index in [4.69, 9.17) is 10.8 Å². The fraction of sp³-hybridized carbons (Fsp3) is 0.789. The van der Waals surface area contributed by atoms with Gasteiger partial charge in [-0.3, -0.25) is 14.4 Å². The third-order valence-electron chi connectivity index (χ3n) is 5.00. The molecule has 0 radical (unpaired) electrons. The van der Waals surface area contributed by atoms with Crippen molar-refractivity contribution in [1.29, 1.82) is 0 Å². The maximum atomic E-state index is 12.9. The molecule has 1 aliphatic rings. The number of carbonyl (C=O) groups is 4. The number of carbonyl (C=O) groups excluding carboxylic acids is 3. The number of hydrogen-bond acceptors (Lipinski definition) is 7. The molecular weight excluding hydrogens is 410 g/mol. The Labute approximate surface area is 182 Å². The van der Waals surface area contributed by atoms with Crippen molar-refractivity contribution in [3.63, 3.8) is 0 Å². The molecule has 0 aromatic heterocycles. The molecule has 1 fully saturated rings. The van der Waals surface area contributed by atoms with Crippen LogP contribution in [0, 0.1) is 5.92 Å². The molecule has 0 aliphatic carbocycles. The van der Waals surface area contributed by atoms with Gasteiger partial charge in [0.05, 0.1) is 6.04 Å². The average molecular weight is 446 g/mol. The van der Waals surface area contributed by atoms with E-state index in [-0.39, 0.29) is 23.6 Å². The summed E-state index contributed by atoms with van der Waals surface area (Å²) in [5, 5.41) is 20.1. The van der Waals surface area contributed by atoms with Crippen LogP contribution in [0.2, 0.25) is 0 Å². The van der Waals surface area contributed by atoms with E-state index in [0.717, 1.165) is 13.0 Å². The Bertz CT molecular complexity index is 598. The standard InChI is InChI=1S/C19H35N5O5S/c1-11(2)15(18(27)23-14(10-30)19(28)29)24-17(26)13(6-3-4-8-20)22-16(25)12-7-5-9-21-12/h11-15,21,30H,3-10,20H2,1-2H3,(H,22,25)(H,23,27)(H,24,26)(H,28,29). The number of carboxylic acids is 1. The molecule has 0 spiro atoms. The van der Waals surface area contributed by atoms with E-state index in [9.17, 15) is 19.2 Å². The summed E-state index contributed by atoms with van der Waals surface area (Å²) in [6, 6.07) is -3.24. The van der Waals surface area contributed by atoms with Crippen molar-refractivity contribution in [1.82, 2.24) is 21.3 Å². The van der Waals surface area contributed by atoms with Crippen molar-refractivity contribution in [2.45, 2.75) is 70.1 Å². The van der Waals surface area contributed by atoms with Crippen LogP contribution in [0.1, 0.15) is 46.0 Å². The summed E-state index contributed by atoms with van der Waals surface area (Å²) in [6.45, 7) is 4.72. The Morgan fingerprint density at radius 2 is 1.80 bits per heavy atom. The zero-order valence-corrected chi connectivity index (χ0v) is 18.5. The monoisotopic (exact) mass is 445 g/mol. The highest BCUT2D eigenvalue weighted by molar-refractivity contribution is 7.80. The fourth-order valence-electron chi connectivity index (χ4n) is 3.18. The number of carboxylic acid groups (broad SMARTS) is 1. The smallest absolute Gasteiger partial charge is 0.327 e. The van der Waals surface area contributed by atoms with Gasteiger partial charge in [0.2, 0.25) is 17.7 Å². The Morgan fingerprint density at radius 3 is 2.30 bits per heavy atom. The molecule has 172 valence electrons. The number of nitrogens with one attached hydrogen (secondary N) is 4. The minimum atomic E-state index is -1.21. The van der Waals surface area contributed by atoms with Crippen LogP contribution in [-0.2, 0) is 19.2 Å². The van der Waals surface area contributed by atoms with Crippen molar-refractivity contribution in [3.05, 3.63) is 0 Å². The first kappa shape index (κ1) is 26.2. The summed E-state index contributed by atoms with van der Waals surface area (Å²) in [5.74, 6) is -2.91. The van der Waals surface area contributed by atoms with Crippen LogP contribution in [0.25, 0.3) is 0 Å². The molecule has 30 heavy (non-hydrogen) atoms. The van der Waals surface area contributed by atoms with Gasteiger partial charge in [0, 0.05) is 5.75 Å². The molecule has 1 heterocycles. The minimum absolute atomic E-state index is 0.0774. The largest absolute Gasteiger partial charge is 0.480 e. The van der Waals surface area contributed by atoms with Crippen molar-refractivity contribution in [2.24, 2.45) is 11.7 Å². The van der Waals surface area contributed by atoms with Crippen LogP contribution < -0.4 is 27.0 Å². The molecule has 0 saturated carbocycles. The number of thiol groups is 1. The van der Waals surface area contributed by atoms with Crippen molar-refractivity contribution in [2.75, 3.05) is 18.8 Å². The van der Waals surface area contributed by atoms with Crippen LogP contribution in [0.3, 0.4) is 0 Å². The predicted octanol–water partition coefficient (Wildman–Crippen LogP) is -1.01. The van der Waals surface area contributed by atoms with Gasteiger partial charge in [-0.15, -0.1) is 0 Å². The van der Waals surface area contributed by atoms with E-state index in [0.29, 0.717) is 32.2 Å². The molecule has 10 nitrogen and oxygen atoms in total. The Morgan fingerprint density at radius 1 is 1.10 bits per heavy atom. The van der Waals surface area contributed by atoms with Gasteiger partial charge in [0.15, 0.2) is 0 Å². The van der Waals surface area contributed by atoms with Crippen LogP contribution >= 0.6 is 12.6 Å². The first-order chi connectivity index (χ1) is 14.2. The molecule has 1 rings (SSSR count). The van der Waals surface area contributed by atoms with Crippen molar-refractivity contribution in [3.8, 4) is 0 Å². The first-order valence-electron chi connectivity index (χ1n) is 10.4. The summed E-state index contributed by atoms with van der Waals surface area (Å²) in [6.07, 6.45) is 3.35. The topological polar surface area (TPSA) is 163 Å². The Balaban J connectivity index is 2.83. The second-order valence-electron chi connectivity index (χ2n) is 7.81. The van der Waals surface area contributed by atoms with E-state index < -0.39 is 35.9 Å². The van der Waals surface area contributed by atoms with Crippen molar-refractivity contribution < 1.29 is 24.3 Å². The van der Waals surface area contributed by atoms with Gasteiger partial charge in [-0.1, -0.05) is 13.8 Å². The summed E-state index contributed by atoms with van der Waals surface area (Å²) in [4.78, 5) is 49.1. The lowest BCUT2D eigenvalue weighted by atomic mass is 10.0. The highest BCUT2D eigenvalue weighted by atomic mass is 32.1. The van der Waals surface area contributed by atoms with E-state index in [2.05, 4.69) is 33.9 Å². The van der Waals surface area contributed by atoms with Gasteiger partial charge in [-0.05, 0) is 51.1 Å². The second-order valence-corrected chi connectivity index (χ2v) is 8.17. The molecule has 1 aliphatic heterocycles. The van der Waals surface area contributed by atoms with Crippen LogP contribution in [0.15, 0.2) is 0 Å². The number of rotatable bonds is 13. The zero-order valence-electron chi connectivity index (χ0n) is 17.6. The molecule has 4 atom stereocenters. The maximum absolute atomic E-state index is 12.9. The SMILES string of the molecule is CC(C)C(NC(=O)C(CCCCN)NC(=O)C1CCCN1)C(=O)NC(CS)C(=O)O. The van der Waals surface area contributed by atoms with Gasteiger partial charge in [-0.2, -0.15) is 12.6 Å². The van der Waals surface area contributed by atoms with E-state index in [1.165, 1.54) is 0 Å². The molecule has 7 N–H and O–H groups in total. The number of aliphatic carboxylic acids is 1. The quantitative estimate of drug-likeness (QED) is 0.141. The number of amides is 3. The zero-order chi connectivity index (χ0) is 22.7. The lowest BCUT2D eigenvalue weighted by Gasteiger charge is -2.27. The number of unbranched alkanes of at least 4 members (excludes halogenated alkanes) is 1. The molecule has 11 heteroatoms. The summed E-state index contributed by atoms with van der Waals surface area (Å²) >= 11 is 3.93. The average Bonchev–Trinajstić information content (AvgIpc) is 3.23. The van der Waals surface area contributed by atoms with Gasteiger partial charge in [0.25, 0.3) is 0 Å². The highest BCUT2D eigenvalue weighted by Crippen LogP contribution is 2.09. The molecule has 1 saturated heterocycles. The molecule has 0 bridgehead atoms. The van der Waals surface area contributed by atoms with E-state index in [1.54, 1.807) is 13.8 Å². The summed E-state index contributed by atoms with van der Waals surface area (Å²) < 4.78 is 0. The molecule has 0 aromatic carbocycles. The predicted molar refractivity (Wildman–Crippen MR) is 116 cm³/mol. The van der Waals surface area contributed by atoms with Crippen LogP contribution in [0.4, 0.5) is 0 Å². The first-order valence-corrected chi connectivity index (χ1v) is 11.0. The molecule has 0 aromatic rings. The molecule has 3 amide bonds. The Kier molecular flexibility index (Phi) is 11.7. The number of hydrogen-bond donors (Lipinski definition) is 7.